The van der Waals surface area contributed by atoms with Crippen molar-refractivity contribution in [2.45, 2.75) is 71.6 Å². The van der Waals surface area contributed by atoms with Gasteiger partial charge in [-0.25, -0.2) is 4.98 Å². The third-order valence-corrected chi connectivity index (χ3v) is 5.99. The lowest BCUT2D eigenvalue weighted by molar-refractivity contribution is 0.0954. The lowest BCUT2D eigenvalue weighted by atomic mass is 10.0. The van der Waals surface area contributed by atoms with Gasteiger partial charge in [-0.05, 0) is 49.7 Å². The minimum absolute atomic E-state index is 0.0275. The number of carbonyl (C=O) groups is 1. The molecule has 0 aliphatic heterocycles. The van der Waals surface area contributed by atoms with Gasteiger partial charge in [0.2, 0.25) is 0 Å². The highest BCUT2D eigenvalue weighted by Crippen LogP contribution is 2.26. The molecule has 1 N–H and O–H groups in total. The predicted molar refractivity (Wildman–Crippen MR) is 138 cm³/mol. The fraction of sp³-hybridized carbons (Fsp3) is 0.448. The van der Waals surface area contributed by atoms with Gasteiger partial charge in [0.15, 0.2) is 0 Å². The number of carbonyl (C=O) groups excluding carboxylic acids is 1. The second-order valence-electron chi connectivity index (χ2n) is 8.61. The number of nitrogens with one attached hydrogen (secondary N) is 1. The smallest absolute Gasteiger partial charge is 0.252 e. The van der Waals surface area contributed by atoms with Crippen molar-refractivity contribution in [1.29, 1.82) is 0 Å². The number of para-hydroxylation sites is 1. The summed E-state index contributed by atoms with van der Waals surface area (Å²) in [5, 5.41) is 4.01. The van der Waals surface area contributed by atoms with Gasteiger partial charge >= 0.3 is 0 Å². The van der Waals surface area contributed by atoms with Crippen LogP contribution in [0.15, 0.2) is 54.6 Å². The largest absolute Gasteiger partial charge is 0.494 e. The van der Waals surface area contributed by atoms with Crippen LogP contribution >= 0.6 is 0 Å². The van der Waals surface area contributed by atoms with Gasteiger partial charge in [-0.3, -0.25) is 4.79 Å². The number of unbranched alkanes of at least 4 members (excludes halogenated alkanes) is 8. The van der Waals surface area contributed by atoms with Crippen LogP contribution < -0.4 is 10.1 Å². The number of aromatic nitrogens is 1. The van der Waals surface area contributed by atoms with Gasteiger partial charge in [-0.15, -0.1) is 0 Å². The van der Waals surface area contributed by atoms with Gasteiger partial charge < -0.3 is 10.1 Å². The molecule has 1 amide bonds. The van der Waals surface area contributed by atoms with E-state index in [1.165, 1.54) is 51.4 Å². The summed E-state index contributed by atoms with van der Waals surface area (Å²) in [6.45, 7) is 5.57. The normalized spacial score (nSPS) is 11.0. The molecule has 3 rings (SSSR count). The second kappa shape index (κ2) is 13.6. The van der Waals surface area contributed by atoms with Crippen LogP contribution in [0, 0.1) is 0 Å². The number of amides is 1. The highest BCUT2D eigenvalue weighted by molar-refractivity contribution is 6.07. The van der Waals surface area contributed by atoms with E-state index in [0.717, 1.165) is 34.3 Å². The number of pyridine rings is 1. The molecule has 2 aromatic carbocycles. The first-order valence-corrected chi connectivity index (χ1v) is 12.6. The van der Waals surface area contributed by atoms with E-state index in [1.807, 2.05) is 61.5 Å². The number of fused-ring (bicyclic) bond motifs is 1. The van der Waals surface area contributed by atoms with Crippen LogP contribution in [0.4, 0.5) is 0 Å². The van der Waals surface area contributed by atoms with Crippen LogP contribution in [0.2, 0.25) is 0 Å². The van der Waals surface area contributed by atoms with Crippen LogP contribution in [0.5, 0.6) is 5.75 Å². The molecule has 0 spiro atoms. The fourth-order valence-electron chi connectivity index (χ4n) is 4.13. The summed E-state index contributed by atoms with van der Waals surface area (Å²) in [6.07, 6.45) is 11.5. The van der Waals surface area contributed by atoms with Gasteiger partial charge in [0.25, 0.3) is 5.91 Å². The molecule has 1 aromatic heterocycles. The summed E-state index contributed by atoms with van der Waals surface area (Å²) in [7, 11) is 0. The van der Waals surface area contributed by atoms with E-state index in [1.54, 1.807) is 0 Å². The number of nitrogens with zero attached hydrogens (tertiary/aromatic N) is 1. The van der Waals surface area contributed by atoms with Crippen molar-refractivity contribution in [3.05, 3.63) is 60.2 Å². The van der Waals surface area contributed by atoms with Crippen molar-refractivity contribution in [2.24, 2.45) is 0 Å². The highest BCUT2D eigenvalue weighted by Gasteiger charge is 2.13. The number of ether oxygens (including phenoxy) is 1. The van der Waals surface area contributed by atoms with E-state index in [2.05, 4.69) is 12.2 Å². The standard InChI is InChI=1S/C29H38N2O2/c1-3-5-6-7-8-9-10-11-14-21-30-29(32)26-22-28(31-27-16-13-12-15-25(26)27)23-17-19-24(20-18-23)33-4-2/h12-13,15-20,22H,3-11,14,21H2,1-2H3,(H,30,32). The molecule has 0 unspecified atom stereocenters. The third kappa shape index (κ3) is 7.59. The first-order valence-electron chi connectivity index (χ1n) is 12.6. The number of hydrogen-bond acceptors (Lipinski definition) is 3. The monoisotopic (exact) mass is 446 g/mol. The summed E-state index contributed by atoms with van der Waals surface area (Å²) >= 11 is 0. The molecular formula is C29H38N2O2. The average Bonchev–Trinajstić information content (AvgIpc) is 2.85. The Balaban J connectivity index is 1.59. The summed E-state index contributed by atoms with van der Waals surface area (Å²) < 4.78 is 5.55. The lowest BCUT2D eigenvalue weighted by Gasteiger charge is -2.11. The first kappa shape index (κ1) is 24.8. The molecule has 0 saturated carbocycles. The Hall–Kier alpha value is -2.88. The van der Waals surface area contributed by atoms with Gasteiger partial charge in [0, 0.05) is 17.5 Å². The lowest BCUT2D eigenvalue weighted by Crippen LogP contribution is -2.24. The van der Waals surface area contributed by atoms with E-state index < -0.39 is 0 Å². The summed E-state index contributed by atoms with van der Waals surface area (Å²) in [5.74, 6) is 0.807. The zero-order valence-electron chi connectivity index (χ0n) is 20.2. The van der Waals surface area contributed by atoms with Gasteiger partial charge in [0.1, 0.15) is 5.75 Å². The molecule has 0 aliphatic carbocycles. The molecule has 0 bridgehead atoms. The fourth-order valence-corrected chi connectivity index (χ4v) is 4.13. The van der Waals surface area contributed by atoms with E-state index >= 15 is 0 Å². The quantitative estimate of drug-likeness (QED) is 0.260. The van der Waals surface area contributed by atoms with Crippen molar-refractivity contribution in [3.8, 4) is 17.0 Å². The first-order chi connectivity index (χ1) is 16.2. The van der Waals surface area contributed by atoms with Gasteiger partial charge in [0.05, 0.1) is 23.4 Å². The maximum atomic E-state index is 13.1. The Labute approximate surface area is 198 Å². The molecular weight excluding hydrogens is 408 g/mol. The van der Waals surface area contributed by atoms with Crippen LogP contribution in [-0.2, 0) is 0 Å². The molecule has 4 nitrogen and oxygen atoms in total. The van der Waals surface area contributed by atoms with E-state index in [-0.39, 0.29) is 5.91 Å². The van der Waals surface area contributed by atoms with Gasteiger partial charge in [-0.2, -0.15) is 0 Å². The molecule has 0 saturated heterocycles. The summed E-state index contributed by atoms with van der Waals surface area (Å²) in [6, 6.07) is 17.6. The zero-order chi connectivity index (χ0) is 23.3. The Morgan fingerprint density at radius 1 is 0.848 bits per heavy atom. The molecule has 3 aromatic rings. The average molecular weight is 447 g/mol. The molecule has 0 aliphatic rings. The van der Waals surface area contributed by atoms with E-state index in [4.69, 9.17) is 9.72 Å². The molecule has 0 atom stereocenters. The Morgan fingerprint density at radius 2 is 1.52 bits per heavy atom. The topological polar surface area (TPSA) is 51.2 Å². The molecule has 33 heavy (non-hydrogen) atoms. The van der Waals surface area contributed by atoms with Crippen molar-refractivity contribution in [3.63, 3.8) is 0 Å². The Kier molecular flexibility index (Phi) is 10.2. The van der Waals surface area contributed by atoms with Gasteiger partial charge in [-0.1, -0.05) is 76.5 Å². The predicted octanol–water partition coefficient (Wildman–Crippen LogP) is 7.56. The maximum Gasteiger partial charge on any atom is 0.252 e. The SMILES string of the molecule is CCCCCCCCCCCNC(=O)c1cc(-c2ccc(OCC)cc2)nc2ccccc12. The number of rotatable bonds is 14. The van der Waals surface area contributed by atoms with Crippen molar-refractivity contribution >= 4 is 16.8 Å². The second-order valence-corrected chi connectivity index (χ2v) is 8.61. The van der Waals surface area contributed by atoms with E-state index in [9.17, 15) is 4.79 Å². The molecule has 176 valence electrons. The van der Waals surface area contributed by atoms with Crippen LogP contribution in [-0.4, -0.2) is 24.0 Å². The van der Waals surface area contributed by atoms with Crippen molar-refractivity contribution < 1.29 is 9.53 Å². The molecule has 4 heteroatoms. The zero-order valence-corrected chi connectivity index (χ0v) is 20.2. The molecule has 1 heterocycles. The Morgan fingerprint density at radius 3 is 2.21 bits per heavy atom. The Bertz CT molecular complexity index is 998. The third-order valence-electron chi connectivity index (χ3n) is 5.99. The van der Waals surface area contributed by atoms with Crippen molar-refractivity contribution in [1.82, 2.24) is 10.3 Å². The van der Waals surface area contributed by atoms with Crippen LogP contribution in [0.25, 0.3) is 22.2 Å². The maximum absolute atomic E-state index is 13.1. The minimum Gasteiger partial charge on any atom is -0.494 e. The van der Waals surface area contributed by atoms with Crippen molar-refractivity contribution in [2.75, 3.05) is 13.2 Å². The van der Waals surface area contributed by atoms with Crippen LogP contribution in [0.1, 0.15) is 82.0 Å². The summed E-state index contributed by atoms with van der Waals surface area (Å²) in [4.78, 5) is 17.9. The minimum atomic E-state index is -0.0275. The number of benzene rings is 2. The molecule has 0 radical (unpaired) electrons. The highest BCUT2D eigenvalue weighted by atomic mass is 16.5. The number of hydrogen-bond donors (Lipinski definition) is 1. The summed E-state index contributed by atoms with van der Waals surface area (Å²) in [5.41, 5.74) is 3.28. The van der Waals surface area contributed by atoms with Crippen LogP contribution in [0.3, 0.4) is 0 Å². The molecule has 0 fully saturated rings. The van der Waals surface area contributed by atoms with E-state index in [0.29, 0.717) is 18.7 Å².